The van der Waals surface area contributed by atoms with E-state index in [0.717, 1.165) is 10.6 Å². The van der Waals surface area contributed by atoms with E-state index in [9.17, 15) is 0 Å². The van der Waals surface area contributed by atoms with Crippen molar-refractivity contribution in [2.24, 2.45) is 0 Å². The first-order chi connectivity index (χ1) is 5.25. The van der Waals surface area contributed by atoms with E-state index < -0.39 is 0 Å². The van der Waals surface area contributed by atoms with Gasteiger partial charge in [-0.2, -0.15) is 0 Å². The molecule has 60 valence electrons. The van der Waals surface area contributed by atoms with Gasteiger partial charge in [-0.05, 0) is 17.5 Å². The summed E-state index contributed by atoms with van der Waals surface area (Å²) in [5.41, 5.74) is 1.13. The standard InChI is InChI=1S/C9H10Cl2/c1-7(6-10)8-4-2-3-5-9(8)11/h2-5,7H,6H2,1H3. The molecule has 0 saturated carbocycles. The molecule has 0 aromatic heterocycles. The lowest BCUT2D eigenvalue weighted by Crippen LogP contribution is -1.94. The molecule has 0 aliphatic heterocycles. The van der Waals surface area contributed by atoms with Gasteiger partial charge in [0.25, 0.3) is 0 Å². The smallest absolute Gasteiger partial charge is 0.0441 e. The van der Waals surface area contributed by atoms with Gasteiger partial charge in [-0.15, -0.1) is 11.6 Å². The Bertz CT molecular complexity index is 233. The molecule has 0 fully saturated rings. The number of alkyl halides is 1. The van der Waals surface area contributed by atoms with Crippen LogP contribution in [0.25, 0.3) is 0 Å². The Labute approximate surface area is 77.1 Å². The lowest BCUT2D eigenvalue weighted by molar-refractivity contribution is 0.876. The minimum absolute atomic E-state index is 0.338. The summed E-state index contributed by atoms with van der Waals surface area (Å²) >= 11 is 11.6. The van der Waals surface area contributed by atoms with Crippen LogP contribution in [0.1, 0.15) is 18.4 Å². The maximum absolute atomic E-state index is 5.94. The highest BCUT2D eigenvalue weighted by molar-refractivity contribution is 6.31. The Morgan fingerprint density at radius 1 is 1.36 bits per heavy atom. The molecule has 0 N–H and O–H groups in total. The van der Waals surface area contributed by atoms with Gasteiger partial charge in [0.1, 0.15) is 0 Å². The summed E-state index contributed by atoms with van der Waals surface area (Å²) in [7, 11) is 0. The molecule has 1 unspecified atom stereocenters. The molecule has 11 heavy (non-hydrogen) atoms. The molecule has 1 rings (SSSR count). The minimum Gasteiger partial charge on any atom is -0.126 e. The summed E-state index contributed by atoms with van der Waals surface area (Å²) < 4.78 is 0. The Morgan fingerprint density at radius 2 is 2.00 bits per heavy atom. The maximum Gasteiger partial charge on any atom is 0.0441 e. The van der Waals surface area contributed by atoms with E-state index in [2.05, 4.69) is 6.92 Å². The predicted octanol–water partition coefficient (Wildman–Crippen LogP) is 3.68. The second-order valence-corrected chi connectivity index (χ2v) is 3.29. The van der Waals surface area contributed by atoms with Crippen LogP contribution in [0.15, 0.2) is 24.3 Å². The zero-order valence-corrected chi connectivity index (χ0v) is 7.86. The topological polar surface area (TPSA) is 0 Å². The van der Waals surface area contributed by atoms with Gasteiger partial charge >= 0.3 is 0 Å². The first-order valence-corrected chi connectivity index (χ1v) is 4.47. The lowest BCUT2D eigenvalue weighted by Gasteiger charge is -2.08. The van der Waals surface area contributed by atoms with Crippen LogP contribution in [0, 0.1) is 0 Å². The summed E-state index contributed by atoms with van der Waals surface area (Å²) in [6.07, 6.45) is 0. The number of hydrogen-bond donors (Lipinski definition) is 0. The lowest BCUT2D eigenvalue weighted by atomic mass is 10.0. The average molecular weight is 189 g/mol. The fourth-order valence-electron chi connectivity index (χ4n) is 0.958. The van der Waals surface area contributed by atoms with Crippen LogP contribution in [0.4, 0.5) is 0 Å². The Kier molecular flexibility index (Phi) is 3.22. The normalized spacial score (nSPS) is 13.0. The molecule has 0 saturated heterocycles. The van der Waals surface area contributed by atoms with Crippen molar-refractivity contribution in [3.05, 3.63) is 34.9 Å². The van der Waals surface area contributed by atoms with Gasteiger partial charge in [0.2, 0.25) is 0 Å². The molecule has 1 aromatic carbocycles. The summed E-state index contributed by atoms with van der Waals surface area (Å²) in [4.78, 5) is 0. The van der Waals surface area contributed by atoms with Gasteiger partial charge in [0.05, 0.1) is 0 Å². The zero-order chi connectivity index (χ0) is 8.27. The predicted molar refractivity (Wildman–Crippen MR) is 50.6 cm³/mol. The van der Waals surface area contributed by atoms with E-state index in [4.69, 9.17) is 23.2 Å². The van der Waals surface area contributed by atoms with Crippen molar-refractivity contribution in [3.63, 3.8) is 0 Å². The van der Waals surface area contributed by atoms with E-state index in [-0.39, 0.29) is 0 Å². The van der Waals surface area contributed by atoms with Gasteiger partial charge in [-0.1, -0.05) is 36.7 Å². The molecular formula is C9H10Cl2. The van der Waals surface area contributed by atoms with Crippen LogP contribution in [0.3, 0.4) is 0 Å². The van der Waals surface area contributed by atoms with Gasteiger partial charge in [-0.3, -0.25) is 0 Å². The monoisotopic (exact) mass is 188 g/mol. The van der Waals surface area contributed by atoms with E-state index in [1.165, 1.54) is 0 Å². The summed E-state index contributed by atoms with van der Waals surface area (Å²) in [5, 5.41) is 0.806. The Hall–Kier alpha value is -0.200. The number of benzene rings is 1. The quantitative estimate of drug-likeness (QED) is 0.622. The van der Waals surface area contributed by atoms with Gasteiger partial charge < -0.3 is 0 Å². The van der Waals surface area contributed by atoms with Crippen LogP contribution < -0.4 is 0 Å². The molecule has 2 heteroatoms. The Morgan fingerprint density at radius 3 is 2.55 bits per heavy atom. The largest absolute Gasteiger partial charge is 0.126 e. The molecule has 1 atom stereocenters. The fourth-order valence-corrected chi connectivity index (χ4v) is 1.45. The van der Waals surface area contributed by atoms with Crippen LogP contribution in [-0.4, -0.2) is 5.88 Å². The number of rotatable bonds is 2. The summed E-state index contributed by atoms with van der Waals surface area (Å²) in [5.74, 6) is 0.953. The molecule has 0 radical (unpaired) electrons. The number of halogens is 2. The van der Waals surface area contributed by atoms with Crippen molar-refractivity contribution >= 4 is 23.2 Å². The second kappa shape index (κ2) is 3.99. The summed E-state index contributed by atoms with van der Waals surface area (Å²) in [6, 6.07) is 7.80. The summed E-state index contributed by atoms with van der Waals surface area (Å²) in [6.45, 7) is 2.06. The van der Waals surface area contributed by atoms with E-state index in [1.807, 2.05) is 24.3 Å². The van der Waals surface area contributed by atoms with Crippen LogP contribution >= 0.6 is 23.2 Å². The van der Waals surface area contributed by atoms with Gasteiger partial charge in [0.15, 0.2) is 0 Å². The molecule has 0 aliphatic rings. The molecular weight excluding hydrogens is 179 g/mol. The zero-order valence-electron chi connectivity index (χ0n) is 6.35. The average Bonchev–Trinajstić information content (AvgIpc) is 2.04. The fraction of sp³-hybridized carbons (Fsp3) is 0.333. The van der Waals surface area contributed by atoms with Gasteiger partial charge in [0, 0.05) is 10.9 Å². The highest BCUT2D eigenvalue weighted by Gasteiger charge is 2.06. The minimum atomic E-state index is 0.338. The SMILES string of the molecule is CC(CCl)c1ccccc1Cl. The van der Waals surface area contributed by atoms with Crippen molar-refractivity contribution in [3.8, 4) is 0 Å². The Balaban J connectivity index is 2.93. The molecule has 0 amide bonds. The van der Waals surface area contributed by atoms with E-state index >= 15 is 0 Å². The third kappa shape index (κ3) is 2.11. The van der Waals surface area contributed by atoms with Crippen molar-refractivity contribution in [1.29, 1.82) is 0 Å². The maximum atomic E-state index is 5.94. The molecule has 0 aliphatic carbocycles. The van der Waals surface area contributed by atoms with Crippen molar-refractivity contribution in [2.45, 2.75) is 12.8 Å². The molecule has 0 heterocycles. The third-order valence-electron chi connectivity index (χ3n) is 1.67. The van der Waals surface area contributed by atoms with Crippen LogP contribution in [0.2, 0.25) is 5.02 Å². The molecule has 1 aromatic rings. The first-order valence-electron chi connectivity index (χ1n) is 3.56. The highest BCUT2D eigenvalue weighted by Crippen LogP contribution is 2.24. The first kappa shape index (κ1) is 8.89. The van der Waals surface area contributed by atoms with Crippen molar-refractivity contribution in [2.75, 3.05) is 5.88 Å². The van der Waals surface area contributed by atoms with E-state index in [0.29, 0.717) is 11.8 Å². The van der Waals surface area contributed by atoms with Gasteiger partial charge in [-0.25, -0.2) is 0 Å². The highest BCUT2D eigenvalue weighted by atomic mass is 35.5. The molecule has 0 spiro atoms. The molecule has 0 nitrogen and oxygen atoms in total. The van der Waals surface area contributed by atoms with Crippen LogP contribution in [0.5, 0.6) is 0 Å². The van der Waals surface area contributed by atoms with Crippen molar-refractivity contribution in [1.82, 2.24) is 0 Å². The van der Waals surface area contributed by atoms with Crippen molar-refractivity contribution < 1.29 is 0 Å². The second-order valence-electron chi connectivity index (χ2n) is 2.58. The third-order valence-corrected chi connectivity index (χ3v) is 2.47. The number of hydrogen-bond acceptors (Lipinski definition) is 0. The molecule has 0 bridgehead atoms. The van der Waals surface area contributed by atoms with E-state index in [1.54, 1.807) is 0 Å². The van der Waals surface area contributed by atoms with Crippen LogP contribution in [-0.2, 0) is 0 Å².